The molecule has 119 heavy (non-hydrogen) atoms. The third-order valence-electron chi connectivity index (χ3n) is 19.9. The lowest BCUT2D eigenvalue weighted by atomic mass is 9.96. The van der Waals surface area contributed by atoms with E-state index in [1.165, 1.54) is 11.8 Å². The van der Waals surface area contributed by atoms with Crippen LogP contribution in [-0.4, -0.2) is 219 Å². The maximum Gasteiger partial charge on any atom is 0.245 e. The van der Waals surface area contributed by atoms with Gasteiger partial charge in [0.1, 0.15) is 91.2 Å². The SMILES string of the molecule is CC[C@H](C)[C@H](NC(=O)[C@H](CCCNC(=N)N)NC(=O)[C@H](CCCNC(=N)N)NC(=O)[C@H](CC(C)C)NC(=O)[C@H](CCCNC(=N)N)NC(=O)[C@@H]1Cc2ccc(cc2)OC/C=C/COc2ccc(cc2)C[C@H](NC(=O)[C@H](Cc2ccccc2)NC(C)=O)C(=O)N1)C(=O)N[C@@H](CCCNC(=N)N)C(=O)N1CCC[C@H]1C(=O)N[C@@H](CCCCN)C(N)=O. The monoisotopic (exact) mass is 1660 g/mol. The number of nitrogens with one attached hydrogen (secondary N) is 18. The fourth-order valence-corrected chi connectivity index (χ4v) is 13.3. The summed E-state index contributed by atoms with van der Waals surface area (Å²) in [6.45, 7) is 9.29. The summed E-state index contributed by atoms with van der Waals surface area (Å²) in [5.74, 6) is -10.9. The zero-order chi connectivity index (χ0) is 87.5. The summed E-state index contributed by atoms with van der Waals surface area (Å²) in [7, 11) is 0. The van der Waals surface area contributed by atoms with Crippen molar-refractivity contribution < 1.29 is 67.0 Å². The average molecular weight is 1660 g/mol. The molecule has 12 amide bonds. The Balaban J connectivity index is 1.49. The molecule has 0 aromatic heterocycles. The molecule has 5 heterocycles. The highest BCUT2D eigenvalue weighted by molar-refractivity contribution is 6.00. The van der Waals surface area contributed by atoms with Gasteiger partial charge in [-0.15, -0.1) is 0 Å². The number of primary amides is 1. The maximum atomic E-state index is 15.3. The fourth-order valence-electron chi connectivity index (χ4n) is 13.3. The van der Waals surface area contributed by atoms with Crippen molar-refractivity contribution >= 4 is 94.7 Å². The predicted octanol–water partition coefficient (Wildman–Crippen LogP) is -2.34. The van der Waals surface area contributed by atoms with Gasteiger partial charge in [-0.2, -0.15) is 0 Å². The molecule has 30 N–H and O–H groups in total. The summed E-state index contributed by atoms with van der Waals surface area (Å²) in [5, 5.41) is 69.5. The molecule has 12 atom stereocenters. The van der Waals surface area contributed by atoms with E-state index in [1.807, 2.05) is 0 Å². The van der Waals surface area contributed by atoms with E-state index in [2.05, 4.69) is 74.4 Å². The van der Waals surface area contributed by atoms with Crippen molar-refractivity contribution in [3.63, 3.8) is 0 Å². The zero-order valence-corrected chi connectivity index (χ0v) is 68.7. The van der Waals surface area contributed by atoms with Gasteiger partial charge < -0.3 is 123 Å². The second-order valence-corrected chi connectivity index (χ2v) is 30.0. The van der Waals surface area contributed by atoms with Gasteiger partial charge in [0.25, 0.3) is 0 Å². The number of amides is 12. The molecular formula is C80H125N25O14. The van der Waals surface area contributed by atoms with Crippen molar-refractivity contribution in [1.29, 1.82) is 21.6 Å². The van der Waals surface area contributed by atoms with Crippen molar-refractivity contribution in [1.82, 2.24) is 79.3 Å². The number of unbranched alkanes of at least 4 members (excludes halogenated alkanes) is 1. The van der Waals surface area contributed by atoms with E-state index in [0.29, 0.717) is 60.4 Å². The summed E-state index contributed by atoms with van der Waals surface area (Å²) in [6, 6.07) is 7.62. The Morgan fingerprint density at radius 1 is 0.513 bits per heavy atom. The summed E-state index contributed by atoms with van der Waals surface area (Å²) in [5.41, 5.74) is 35.6. The third kappa shape index (κ3) is 36.0. The van der Waals surface area contributed by atoms with Crippen LogP contribution in [0.25, 0.3) is 0 Å². The van der Waals surface area contributed by atoms with Crippen molar-refractivity contribution in [3.8, 4) is 11.5 Å². The van der Waals surface area contributed by atoms with E-state index in [-0.39, 0.29) is 154 Å². The van der Waals surface area contributed by atoms with E-state index >= 15 is 24.0 Å². The van der Waals surface area contributed by atoms with Crippen LogP contribution in [0.1, 0.15) is 148 Å². The molecule has 5 aliphatic rings. The largest absolute Gasteiger partial charge is 0.490 e. The van der Waals surface area contributed by atoms with E-state index in [1.54, 1.807) is 119 Å². The van der Waals surface area contributed by atoms with Gasteiger partial charge in [-0.25, -0.2) is 0 Å². The Bertz CT molecular complexity index is 3910. The van der Waals surface area contributed by atoms with Gasteiger partial charge in [0, 0.05) is 58.9 Å². The summed E-state index contributed by atoms with van der Waals surface area (Å²) in [6.07, 6.45) is 5.32. The smallest absolute Gasteiger partial charge is 0.245 e. The van der Waals surface area contributed by atoms with Crippen LogP contribution >= 0.6 is 0 Å². The average Bonchev–Trinajstić information content (AvgIpc) is 1.72. The zero-order valence-electron chi connectivity index (χ0n) is 68.7. The first-order chi connectivity index (χ1) is 56.7. The normalized spacial score (nSPS) is 17.2. The maximum absolute atomic E-state index is 15.3. The van der Waals surface area contributed by atoms with Crippen molar-refractivity contribution in [2.75, 3.05) is 52.5 Å². The van der Waals surface area contributed by atoms with Crippen molar-refractivity contribution in [2.24, 2.45) is 46.2 Å². The molecular weight excluding hydrogens is 1540 g/mol. The molecule has 3 aromatic rings. The lowest BCUT2D eigenvalue weighted by Gasteiger charge is -2.32. The van der Waals surface area contributed by atoms with E-state index in [9.17, 15) is 33.6 Å². The number of rotatable bonds is 45. The van der Waals surface area contributed by atoms with Gasteiger partial charge in [-0.1, -0.05) is 88.7 Å². The molecule has 0 spiro atoms. The predicted molar refractivity (Wildman–Crippen MR) is 448 cm³/mol. The highest BCUT2D eigenvalue weighted by Crippen LogP contribution is 2.23. The number of hydrogen-bond donors (Lipinski definition) is 24. The lowest BCUT2D eigenvalue weighted by molar-refractivity contribution is -0.142. The number of nitrogens with two attached hydrogens (primary N) is 6. The second kappa shape index (κ2) is 51.7. The van der Waals surface area contributed by atoms with Crippen LogP contribution in [0.4, 0.5) is 0 Å². The quantitative estimate of drug-likeness (QED) is 0.0122. The Morgan fingerprint density at radius 2 is 0.966 bits per heavy atom. The number of ether oxygens (including phenoxy) is 2. The standard InChI is InChI=1S/C80H125N25O14/c1-6-48(4)65(75(116)100-59(25-17-39-94-80(89)90)76(117)105-40-18-26-64(105)74(115)96-55(66(82)107)21-10-11-35-81)104-69(110)58(24-16-38-93-79(87)88)97-67(108)56(22-14-36-91-77(83)84)98-70(111)60(43-47(2)3)101-68(109)57(23-15-37-92-78(85)86)99-72(113)62-45-51-27-31-53(32-28-51)118-41-12-13-42-119-54-33-29-52(30-34-54)46-63(73(114)103-62)102-71(112)61(95-49(5)106)44-50-19-8-7-9-20-50/h7-9,12-13,19-20,27-34,47-48,55-65H,6,10-11,14-18,21-26,35-46,81H2,1-5H3,(H2,82,107)(H,95,106)(H,96,115)(H,97,108)(H,98,111)(H,99,113)(H,100,116)(H,101,109)(H,102,112)(H,103,114)(H,104,110)(H4,83,84,91)(H4,85,86,92)(H4,87,88,93)(H4,89,90,94)/b13-12+/t48-,55-,56-,57-,58-,59-,60-,61-,62-,63-,64-,65-/m0/s1. The minimum Gasteiger partial charge on any atom is -0.490 e. The van der Waals surface area contributed by atoms with Crippen LogP contribution < -0.4 is 118 Å². The van der Waals surface area contributed by atoms with Crippen molar-refractivity contribution in [3.05, 3.63) is 108 Å². The van der Waals surface area contributed by atoms with E-state index in [4.69, 9.17) is 65.5 Å². The Labute approximate surface area is 694 Å². The molecule has 39 heteroatoms. The number of nitrogens with zero attached hydrogens (tertiary/aromatic N) is 1. The summed E-state index contributed by atoms with van der Waals surface area (Å²) < 4.78 is 11.9. The molecule has 0 unspecified atom stereocenters. The number of hydrogen-bond acceptors (Lipinski definition) is 19. The van der Waals surface area contributed by atoms with Crippen LogP contribution in [0.2, 0.25) is 0 Å². The van der Waals surface area contributed by atoms with Gasteiger partial charge in [0.2, 0.25) is 70.9 Å². The first kappa shape index (κ1) is 97.3. The number of guanidine groups is 4. The molecule has 39 nitrogen and oxygen atoms in total. The highest BCUT2D eigenvalue weighted by atomic mass is 16.5. The molecule has 1 fully saturated rings. The van der Waals surface area contributed by atoms with Gasteiger partial charge in [0.05, 0.1) is 0 Å². The summed E-state index contributed by atoms with van der Waals surface area (Å²) >= 11 is 0. The topological polar surface area (TPSA) is 646 Å². The van der Waals surface area contributed by atoms with E-state index < -0.39 is 155 Å². The third-order valence-corrected chi connectivity index (χ3v) is 19.9. The van der Waals surface area contributed by atoms with Gasteiger partial charge >= 0.3 is 0 Å². The number of carbonyl (C=O) groups excluding carboxylic acids is 12. The number of benzene rings is 3. The Hall–Kier alpha value is -12.3. The van der Waals surface area contributed by atoms with Crippen LogP contribution in [-0.2, 0) is 76.8 Å². The molecule has 4 bridgehead atoms. The Kier molecular flexibility index (Phi) is 42.2. The molecule has 0 radical (unpaired) electrons. The molecule has 8 rings (SSSR count). The first-order valence-electron chi connectivity index (χ1n) is 40.5. The number of carbonyl (C=O) groups is 12. The van der Waals surface area contributed by atoms with Crippen LogP contribution in [0, 0.1) is 33.5 Å². The number of likely N-dealkylation sites (tertiary alicyclic amines) is 1. The minimum absolute atomic E-state index is 0.0206. The molecule has 654 valence electrons. The van der Waals surface area contributed by atoms with E-state index in [0.717, 1.165) is 0 Å². The molecule has 0 saturated carbocycles. The second-order valence-electron chi connectivity index (χ2n) is 30.0. The first-order valence-corrected chi connectivity index (χ1v) is 40.5. The Morgan fingerprint density at radius 3 is 1.45 bits per heavy atom. The molecule has 5 aliphatic heterocycles. The molecule has 3 aromatic carbocycles. The van der Waals surface area contributed by atoms with Gasteiger partial charge in [-0.05, 0) is 161 Å². The fraction of sp³-hybridized carbons (Fsp3) is 0.550. The van der Waals surface area contributed by atoms with Crippen LogP contribution in [0.5, 0.6) is 11.5 Å². The molecule has 0 aliphatic carbocycles. The molecule has 1 saturated heterocycles. The minimum atomic E-state index is -1.51. The van der Waals surface area contributed by atoms with Crippen LogP contribution in [0.15, 0.2) is 91.0 Å². The van der Waals surface area contributed by atoms with Crippen molar-refractivity contribution in [2.45, 2.75) is 217 Å². The van der Waals surface area contributed by atoms with Crippen LogP contribution in [0.3, 0.4) is 0 Å². The summed E-state index contributed by atoms with van der Waals surface area (Å²) in [4.78, 5) is 175. The van der Waals surface area contributed by atoms with Gasteiger partial charge in [0.15, 0.2) is 23.8 Å². The lowest BCUT2D eigenvalue weighted by Crippen LogP contribution is -2.61. The van der Waals surface area contributed by atoms with Gasteiger partial charge in [-0.3, -0.25) is 79.2 Å². The highest BCUT2D eigenvalue weighted by Gasteiger charge is 2.41.